The van der Waals surface area contributed by atoms with E-state index in [4.69, 9.17) is 0 Å². The van der Waals surface area contributed by atoms with Gasteiger partial charge in [0.05, 0.1) is 0 Å². The molecule has 0 aromatic heterocycles. The van der Waals surface area contributed by atoms with Gasteiger partial charge in [0.1, 0.15) is 0 Å². The van der Waals surface area contributed by atoms with Crippen molar-refractivity contribution in [3.05, 3.63) is 0 Å². The SMILES string of the molecule is [In].[In].[Mg].[S].[S].[Zn]. The zero-order chi connectivity index (χ0) is 0. The summed E-state index contributed by atoms with van der Waals surface area (Å²) < 4.78 is 0. The summed E-state index contributed by atoms with van der Waals surface area (Å²) >= 11 is 0. The smallest absolute Gasteiger partial charge is 0 e. The number of rotatable bonds is 0. The molecule has 0 bridgehead atoms. The van der Waals surface area contributed by atoms with Crippen molar-refractivity contribution in [3.8, 4) is 0 Å². The summed E-state index contributed by atoms with van der Waals surface area (Å²) in [6, 6.07) is 0. The van der Waals surface area contributed by atoms with Gasteiger partial charge in [-0.1, -0.05) is 0 Å². The summed E-state index contributed by atoms with van der Waals surface area (Å²) in [5.41, 5.74) is 0. The maximum Gasteiger partial charge on any atom is 0 e. The largest absolute Gasteiger partial charge is 0 e. The minimum absolute atomic E-state index is 0. The van der Waals surface area contributed by atoms with Crippen LogP contribution in [-0.4, -0.2) is 74.7 Å². The molecule has 0 aliphatic carbocycles. The summed E-state index contributed by atoms with van der Waals surface area (Å²) in [4.78, 5) is 0. The van der Waals surface area contributed by atoms with Crippen LogP contribution < -0.4 is 0 Å². The van der Waals surface area contributed by atoms with Crippen LogP contribution in [0.3, 0.4) is 0 Å². The van der Waals surface area contributed by atoms with Crippen LogP contribution in [0.5, 0.6) is 0 Å². The van der Waals surface area contributed by atoms with Crippen LogP contribution in [-0.2, 0) is 19.5 Å². The zero-order valence-corrected chi connectivity index (χ0v) is 16.0. The molecule has 0 unspecified atom stereocenters. The topological polar surface area (TPSA) is 0 Å². The summed E-state index contributed by atoms with van der Waals surface area (Å²) in [6.07, 6.45) is 0. The van der Waals surface area contributed by atoms with Gasteiger partial charge in [-0.2, -0.15) is 0 Å². The van der Waals surface area contributed by atoms with E-state index in [1.54, 1.807) is 0 Å². The van der Waals surface area contributed by atoms with Gasteiger partial charge >= 0.3 is 0 Å². The van der Waals surface area contributed by atoms with E-state index in [2.05, 4.69) is 0 Å². The molecule has 0 nitrogen and oxygen atoms in total. The molecule has 0 aromatic carbocycles. The summed E-state index contributed by atoms with van der Waals surface area (Å²) in [5, 5.41) is 0. The Balaban J connectivity index is 0. The summed E-state index contributed by atoms with van der Waals surface area (Å²) in [5.74, 6) is 0. The molecular weight excluding hydrogens is 383 g/mol. The van der Waals surface area contributed by atoms with Crippen LogP contribution >= 0.6 is 27.0 Å². The van der Waals surface area contributed by atoms with Gasteiger partial charge in [0.15, 0.2) is 0 Å². The van der Waals surface area contributed by atoms with Crippen LogP contribution in [0.1, 0.15) is 0 Å². The minimum atomic E-state index is 0. The van der Waals surface area contributed by atoms with Crippen LogP contribution in [0.2, 0.25) is 0 Å². The molecule has 12 radical (unpaired) electrons. The van der Waals surface area contributed by atoms with Crippen molar-refractivity contribution in [1.82, 2.24) is 0 Å². The normalized spacial score (nSPS) is 0. The molecule has 0 aromatic rings. The minimum Gasteiger partial charge on any atom is 0 e. The monoisotopic (exact) mass is 382 g/mol. The first kappa shape index (κ1) is 52.3. The molecule has 0 heterocycles. The second kappa shape index (κ2) is 36.9. The van der Waals surface area contributed by atoms with E-state index in [1.165, 1.54) is 0 Å². The Morgan fingerprint density at radius 1 is 0.667 bits per heavy atom. The first-order valence-electron chi connectivity index (χ1n) is 0. The molecule has 0 fully saturated rings. The van der Waals surface area contributed by atoms with Crippen molar-refractivity contribution < 1.29 is 19.5 Å². The molecule has 0 N–H and O–H groups in total. The molecule has 0 saturated heterocycles. The maximum atomic E-state index is 0. The molecule has 0 amide bonds. The first-order valence-corrected chi connectivity index (χ1v) is 0. The molecule has 0 atom stereocenters. The molecule has 22 valence electrons. The summed E-state index contributed by atoms with van der Waals surface area (Å²) in [6.45, 7) is 0. The van der Waals surface area contributed by atoms with Gasteiger partial charge in [0.25, 0.3) is 0 Å². The van der Waals surface area contributed by atoms with E-state index in [0.29, 0.717) is 0 Å². The molecule has 0 aliphatic rings. The van der Waals surface area contributed by atoms with Gasteiger partial charge in [-0.15, -0.1) is 0 Å². The Bertz CT molecular complexity index is 11.5. The molecule has 0 aliphatic heterocycles. The quantitative estimate of drug-likeness (QED) is 0.523. The van der Waals surface area contributed by atoms with Gasteiger partial charge in [-0.25, -0.2) is 0 Å². The van der Waals surface area contributed by atoms with Gasteiger partial charge in [-0.3, -0.25) is 0 Å². The fourth-order valence-corrected chi connectivity index (χ4v) is 0. The Labute approximate surface area is 119 Å². The van der Waals surface area contributed by atoms with E-state index >= 15 is 0 Å². The third-order valence-electron chi connectivity index (χ3n) is 0. The van der Waals surface area contributed by atoms with E-state index in [1.807, 2.05) is 0 Å². The van der Waals surface area contributed by atoms with E-state index in [0.717, 1.165) is 0 Å². The number of hydrogen-bond acceptors (Lipinski definition) is 0. The Morgan fingerprint density at radius 2 is 0.667 bits per heavy atom. The fourth-order valence-electron chi connectivity index (χ4n) is 0. The van der Waals surface area contributed by atoms with Crippen molar-refractivity contribution in [2.75, 3.05) is 0 Å². The van der Waals surface area contributed by atoms with Crippen molar-refractivity contribution in [1.29, 1.82) is 0 Å². The van der Waals surface area contributed by atoms with E-state index < -0.39 is 0 Å². The third kappa shape index (κ3) is 24.9. The van der Waals surface area contributed by atoms with Crippen molar-refractivity contribution in [3.63, 3.8) is 0 Å². The number of hydrogen-bond donors (Lipinski definition) is 0. The van der Waals surface area contributed by atoms with Crippen LogP contribution in [0.25, 0.3) is 0 Å². The standard InChI is InChI=1S/2In.Mg.2S.Zn. The third-order valence-corrected chi connectivity index (χ3v) is 0. The molecule has 0 rings (SSSR count). The second-order valence-electron chi connectivity index (χ2n) is 0. The first-order chi connectivity index (χ1) is 0. The second-order valence-corrected chi connectivity index (χ2v) is 0. The van der Waals surface area contributed by atoms with Gasteiger partial charge in [0.2, 0.25) is 0 Å². The van der Waals surface area contributed by atoms with Crippen LogP contribution in [0, 0.1) is 0 Å². The van der Waals surface area contributed by atoms with E-state index in [9.17, 15) is 0 Å². The average Bonchev–Trinajstić information content (AvgIpc) is 0. The van der Waals surface area contributed by atoms with Gasteiger partial charge < -0.3 is 0 Å². The maximum absolute atomic E-state index is 0. The molecule has 6 heteroatoms. The van der Waals surface area contributed by atoms with E-state index in [-0.39, 0.29) is 121 Å². The summed E-state index contributed by atoms with van der Waals surface area (Å²) in [7, 11) is 0. The Kier molecular flexibility index (Phi) is 321. The average molecular weight is 383 g/mol. The van der Waals surface area contributed by atoms with Crippen LogP contribution in [0.15, 0.2) is 0 Å². The predicted molar refractivity (Wildman–Crippen MR) is 32.4 cm³/mol. The Hall–Kier alpha value is 3.83. The Morgan fingerprint density at radius 3 is 0.667 bits per heavy atom. The van der Waals surface area contributed by atoms with Crippen LogP contribution in [0.4, 0.5) is 0 Å². The zero-order valence-electron chi connectivity index (χ0n) is 3.39. The molecule has 6 heavy (non-hydrogen) atoms. The van der Waals surface area contributed by atoms with Crippen molar-refractivity contribution in [2.24, 2.45) is 0 Å². The molecule has 0 spiro atoms. The fraction of sp³-hybridized carbons (Fsp3) is 0. The van der Waals surface area contributed by atoms with Crippen molar-refractivity contribution >= 4 is 102 Å². The molecular formula is In2MgS2Zn. The van der Waals surface area contributed by atoms with Crippen molar-refractivity contribution in [2.45, 2.75) is 0 Å². The predicted octanol–water partition coefficient (Wildman–Crippen LogP) is 0.151. The van der Waals surface area contributed by atoms with Gasteiger partial charge in [0, 0.05) is 121 Å². The van der Waals surface area contributed by atoms with Gasteiger partial charge in [-0.05, 0) is 0 Å². The molecule has 0 saturated carbocycles.